The number of carboxylic acids is 1. The molecule has 0 spiro atoms. The Morgan fingerprint density at radius 2 is 2.21 bits per heavy atom. The van der Waals surface area contributed by atoms with Crippen LogP contribution in [0.3, 0.4) is 0 Å². The van der Waals surface area contributed by atoms with Crippen molar-refractivity contribution in [2.24, 2.45) is 0 Å². The molecule has 0 atom stereocenters. The monoisotopic (exact) mass is 269 g/mol. The summed E-state index contributed by atoms with van der Waals surface area (Å²) >= 11 is 0. The van der Waals surface area contributed by atoms with Gasteiger partial charge in [-0.15, -0.1) is 0 Å². The Labute approximate surface area is 111 Å². The summed E-state index contributed by atoms with van der Waals surface area (Å²) in [4.78, 5) is 27.8. The molecule has 19 heavy (non-hydrogen) atoms. The van der Waals surface area contributed by atoms with E-state index in [0.29, 0.717) is 18.8 Å². The second-order valence-electron chi connectivity index (χ2n) is 5.00. The Morgan fingerprint density at radius 3 is 2.74 bits per heavy atom. The van der Waals surface area contributed by atoms with Gasteiger partial charge in [-0.05, 0) is 20.3 Å². The molecule has 0 unspecified atom stereocenters. The highest BCUT2D eigenvalue weighted by Gasteiger charge is 2.23. The molecule has 2 amide bonds. The van der Waals surface area contributed by atoms with Crippen LogP contribution >= 0.6 is 0 Å². The zero-order valence-corrected chi connectivity index (χ0v) is 11.3. The van der Waals surface area contributed by atoms with Crippen LogP contribution < -0.4 is 5.32 Å². The number of hydrogen-bond acceptors (Lipinski definition) is 4. The predicted octanol–water partition coefficient (Wildman–Crippen LogP) is 0.589. The summed E-state index contributed by atoms with van der Waals surface area (Å²) in [5.41, 5.74) is -0.578. The van der Waals surface area contributed by atoms with E-state index in [-0.39, 0.29) is 12.5 Å². The molecule has 0 aliphatic carbocycles. The maximum Gasteiger partial charge on any atom is 0.317 e. The van der Waals surface area contributed by atoms with E-state index in [4.69, 9.17) is 5.11 Å². The molecule has 0 aliphatic rings. The molecule has 1 aromatic heterocycles. The van der Waals surface area contributed by atoms with Gasteiger partial charge in [0.2, 0.25) is 0 Å². The van der Waals surface area contributed by atoms with E-state index >= 15 is 0 Å². The van der Waals surface area contributed by atoms with Crippen LogP contribution in [0.25, 0.3) is 0 Å². The van der Waals surface area contributed by atoms with Gasteiger partial charge in [0, 0.05) is 19.0 Å². The molecular weight excluding hydrogens is 250 g/mol. The molecule has 1 aromatic rings. The lowest BCUT2D eigenvalue weighted by molar-refractivity contribution is -0.137. The normalized spacial score (nSPS) is 11.1. The first-order valence-corrected chi connectivity index (χ1v) is 5.89. The summed E-state index contributed by atoms with van der Waals surface area (Å²) in [5.74, 6) is -0.293. The summed E-state index contributed by atoms with van der Waals surface area (Å²) in [6, 6.07) is -0.285. The van der Waals surface area contributed by atoms with Crippen LogP contribution in [-0.4, -0.2) is 49.8 Å². The molecule has 0 aromatic carbocycles. The van der Waals surface area contributed by atoms with Crippen molar-refractivity contribution < 1.29 is 14.7 Å². The number of nitrogens with one attached hydrogen (secondary N) is 2. The van der Waals surface area contributed by atoms with E-state index in [1.54, 1.807) is 20.9 Å². The number of aromatic nitrogens is 3. The van der Waals surface area contributed by atoms with Crippen LogP contribution in [0.1, 0.15) is 32.5 Å². The number of carboxylic acid groups (broad SMARTS) is 1. The molecule has 1 heterocycles. The second-order valence-corrected chi connectivity index (χ2v) is 5.00. The van der Waals surface area contributed by atoms with Gasteiger partial charge in [0.05, 0.1) is 6.54 Å². The predicted molar refractivity (Wildman–Crippen MR) is 67.3 cm³/mol. The molecule has 3 N–H and O–H groups in total. The van der Waals surface area contributed by atoms with Crippen molar-refractivity contribution in [3.63, 3.8) is 0 Å². The summed E-state index contributed by atoms with van der Waals surface area (Å²) < 4.78 is 0. The van der Waals surface area contributed by atoms with E-state index in [1.165, 1.54) is 11.2 Å². The summed E-state index contributed by atoms with van der Waals surface area (Å²) in [7, 11) is 1.63. The van der Waals surface area contributed by atoms with Crippen molar-refractivity contribution in [2.75, 3.05) is 7.05 Å². The first kappa shape index (κ1) is 14.9. The SMILES string of the molecule is CN(Cc1ncn[nH]1)C(=O)NC(C)(C)CCC(=O)O. The largest absolute Gasteiger partial charge is 0.481 e. The molecule has 0 saturated heterocycles. The molecule has 0 fully saturated rings. The minimum atomic E-state index is -0.877. The topological polar surface area (TPSA) is 111 Å². The highest BCUT2D eigenvalue weighted by atomic mass is 16.4. The first-order valence-electron chi connectivity index (χ1n) is 5.89. The second kappa shape index (κ2) is 6.17. The maximum atomic E-state index is 11.9. The van der Waals surface area contributed by atoms with Crippen molar-refractivity contribution in [2.45, 2.75) is 38.8 Å². The van der Waals surface area contributed by atoms with E-state index in [9.17, 15) is 9.59 Å². The fourth-order valence-corrected chi connectivity index (χ4v) is 1.47. The Balaban J connectivity index is 2.46. The van der Waals surface area contributed by atoms with Gasteiger partial charge in [-0.25, -0.2) is 9.78 Å². The van der Waals surface area contributed by atoms with Crippen molar-refractivity contribution in [1.82, 2.24) is 25.4 Å². The van der Waals surface area contributed by atoms with E-state index < -0.39 is 11.5 Å². The fourth-order valence-electron chi connectivity index (χ4n) is 1.47. The number of aromatic amines is 1. The van der Waals surface area contributed by atoms with Gasteiger partial charge < -0.3 is 15.3 Å². The highest BCUT2D eigenvalue weighted by molar-refractivity contribution is 5.74. The average Bonchev–Trinajstić information content (AvgIpc) is 2.78. The van der Waals surface area contributed by atoms with E-state index in [1.807, 2.05) is 0 Å². The molecule has 0 saturated carbocycles. The third-order valence-electron chi connectivity index (χ3n) is 2.61. The summed E-state index contributed by atoms with van der Waals surface area (Å²) in [6.07, 6.45) is 1.75. The number of aliphatic carboxylic acids is 1. The van der Waals surface area contributed by atoms with Crippen LogP contribution in [0.2, 0.25) is 0 Å². The number of amides is 2. The Morgan fingerprint density at radius 1 is 1.53 bits per heavy atom. The van der Waals surface area contributed by atoms with Gasteiger partial charge in [0.1, 0.15) is 12.2 Å². The molecule has 8 heteroatoms. The number of rotatable bonds is 6. The Bertz CT molecular complexity index is 430. The quantitative estimate of drug-likeness (QED) is 0.699. The molecule has 0 bridgehead atoms. The van der Waals surface area contributed by atoms with E-state index in [0.717, 1.165) is 0 Å². The lowest BCUT2D eigenvalue weighted by atomic mass is 9.99. The van der Waals surface area contributed by atoms with Gasteiger partial charge in [-0.1, -0.05) is 0 Å². The number of H-pyrrole nitrogens is 1. The minimum Gasteiger partial charge on any atom is -0.481 e. The zero-order valence-electron chi connectivity index (χ0n) is 11.3. The fraction of sp³-hybridized carbons (Fsp3) is 0.636. The maximum absolute atomic E-state index is 11.9. The van der Waals surface area contributed by atoms with Gasteiger partial charge >= 0.3 is 12.0 Å². The van der Waals surface area contributed by atoms with Gasteiger partial charge in [-0.2, -0.15) is 5.10 Å². The number of urea groups is 1. The first-order chi connectivity index (χ1) is 8.80. The van der Waals surface area contributed by atoms with Crippen LogP contribution in [0.5, 0.6) is 0 Å². The lowest BCUT2D eigenvalue weighted by Gasteiger charge is -2.28. The van der Waals surface area contributed by atoms with Crippen LogP contribution in [-0.2, 0) is 11.3 Å². The Kier molecular flexibility index (Phi) is 4.85. The van der Waals surface area contributed by atoms with Crippen molar-refractivity contribution in [3.05, 3.63) is 12.2 Å². The lowest BCUT2D eigenvalue weighted by Crippen LogP contribution is -2.49. The standard InChI is InChI=1S/C11H19N5O3/c1-11(2,5-4-9(17)18)14-10(19)16(3)6-8-12-7-13-15-8/h7H,4-6H2,1-3H3,(H,14,19)(H,17,18)(H,12,13,15). The third-order valence-corrected chi connectivity index (χ3v) is 2.61. The number of carbonyl (C=O) groups excluding carboxylic acids is 1. The number of carbonyl (C=O) groups is 2. The van der Waals surface area contributed by atoms with Crippen molar-refractivity contribution in [3.8, 4) is 0 Å². The molecule has 0 radical (unpaired) electrons. The van der Waals surface area contributed by atoms with Crippen LogP contribution in [0, 0.1) is 0 Å². The molecule has 106 valence electrons. The van der Waals surface area contributed by atoms with Crippen molar-refractivity contribution >= 4 is 12.0 Å². The highest BCUT2D eigenvalue weighted by Crippen LogP contribution is 2.12. The van der Waals surface area contributed by atoms with Gasteiger partial charge in [-0.3, -0.25) is 9.89 Å². The summed E-state index contributed by atoms with van der Waals surface area (Å²) in [6.45, 7) is 3.88. The van der Waals surface area contributed by atoms with Gasteiger partial charge in [0.15, 0.2) is 0 Å². The van der Waals surface area contributed by atoms with E-state index in [2.05, 4.69) is 20.5 Å². The number of nitrogens with zero attached hydrogens (tertiary/aromatic N) is 3. The third kappa shape index (κ3) is 5.36. The molecule has 1 rings (SSSR count). The molecule has 0 aliphatic heterocycles. The summed E-state index contributed by atoms with van der Waals surface area (Å²) in [5, 5.41) is 17.8. The minimum absolute atomic E-state index is 0.0130. The molecular formula is C11H19N5O3. The van der Waals surface area contributed by atoms with Crippen molar-refractivity contribution in [1.29, 1.82) is 0 Å². The average molecular weight is 269 g/mol. The van der Waals surface area contributed by atoms with Crippen LogP contribution in [0.15, 0.2) is 6.33 Å². The Hall–Kier alpha value is -2.12. The van der Waals surface area contributed by atoms with Gasteiger partial charge in [0.25, 0.3) is 0 Å². The smallest absolute Gasteiger partial charge is 0.317 e. The number of hydrogen-bond donors (Lipinski definition) is 3. The molecule has 8 nitrogen and oxygen atoms in total. The zero-order chi connectivity index (χ0) is 14.5. The van der Waals surface area contributed by atoms with Crippen LogP contribution in [0.4, 0.5) is 4.79 Å².